The minimum Gasteiger partial charge on any atom is -0.336 e. The van der Waals surface area contributed by atoms with Crippen LogP contribution in [0.4, 0.5) is 4.79 Å². The van der Waals surface area contributed by atoms with Crippen molar-refractivity contribution in [3.63, 3.8) is 0 Å². The lowest BCUT2D eigenvalue weighted by Gasteiger charge is -2.43. The molecule has 0 spiro atoms. The van der Waals surface area contributed by atoms with Crippen LogP contribution >= 0.6 is 0 Å². The normalized spacial score (nSPS) is 19.0. The zero-order valence-electron chi connectivity index (χ0n) is 14.1. The largest absolute Gasteiger partial charge is 0.336 e. The van der Waals surface area contributed by atoms with E-state index in [1.54, 1.807) is 6.33 Å². The number of carbonyl (C=O) groups is 1. The van der Waals surface area contributed by atoms with E-state index in [4.69, 9.17) is 0 Å². The molecule has 0 aromatic carbocycles. The van der Waals surface area contributed by atoms with E-state index in [0.717, 1.165) is 18.7 Å². The van der Waals surface area contributed by atoms with Crippen molar-refractivity contribution in [1.82, 2.24) is 30.3 Å². The third kappa shape index (κ3) is 3.76. The Morgan fingerprint density at radius 2 is 2.09 bits per heavy atom. The molecule has 1 aliphatic rings. The second kappa shape index (κ2) is 7.09. The van der Waals surface area contributed by atoms with Crippen molar-refractivity contribution in [3.05, 3.63) is 12.2 Å². The van der Waals surface area contributed by atoms with E-state index in [2.05, 4.69) is 39.8 Å². The van der Waals surface area contributed by atoms with Crippen molar-refractivity contribution < 1.29 is 4.79 Å². The Bertz CT molecular complexity index is 492. The van der Waals surface area contributed by atoms with E-state index in [9.17, 15) is 4.79 Å². The third-order valence-electron chi connectivity index (χ3n) is 4.79. The zero-order chi connectivity index (χ0) is 16.2. The first kappa shape index (κ1) is 16.7. The lowest BCUT2D eigenvalue weighted by Crippen LogP contribution is -2.55. The smallest absolute Gasteiger partial charge is 0.315 e. The van der Waals surface area contributed by atoms with Gasteiger partial charge in [0, 0.05) is 19.1 Å². The van der Waals surface area contributed by atoms with Gasteiger partial charge in [0.05, 0.1) is 6.04 Å². The van der Waals surface area contributed by atoms with E-state index in [1.165, 1.54) is 19.3 Å². The molecule has 1 aromatic rings. The van der Waals surface area contributed by atoms with Crippen LogP contribution in [-0.2, 0) is 7.05 Å². The maximum absolute atomic E-state index is 12.2. The van der Waals surface area contributed by atoms with Gasteiger partial charge in [0.25, 0.3) is 0 Å². The first-order chi connectivity index (χ1) is 10.4. The number of nitrogens with zero attached hydrogens (tertiary/aromatic N) is 4. The Morgan fingerprint density at radius 1 is 1.41 bits per heavy atom. The van der Waals surface area contributed by atoms with Crippen molar-refractivity contribution in [3.8, 4) is 0 Å². The average molecular weight is 308 g/mol. The summed E-state index contributed by atoms with van der Waals surface area (Å²) in [5, 5.41) is 13.8. The van der Waals surface area contributed by atoms with Gasteiger partial charge in [-0.15, -0.1) is 10.2 Å². The van der Waals surface area contributed by atoms with Crippen LogP contribution in [0.25, 0.3) is 0 Å². The molecule has 124 valence electrons. The van der Waals surface area contributed by atoms with Crippen molar-refractivity contribution in [2.45, 2.75) is 50.6 Å². The second-order valence-corrected chi connectivity index (χ2v) is 6.53. The molecular weight excluding hydrogens is 280 g/mol. The summed E-state index contributed by atoms with van der Waals surface area (Å²) in [6.45, 7) is 2.59. The topological polar surface area (TPSA) is 75.1 Å². The number of aromatic nitrogens is 3. The average Bonchev–Trinajstić information content (AvgIpc) is 2.92. The molecule has 0 saturated heterocycles. The van der Waals surface area contributed by atoms with Crippen molar-refractivity contribution in [2.75, 3.05) is 20.6 Å². The predicted molar refractivity (Wildman–Crippen MR) is 85.5 cm³/mol. The first-order valence-electron chi connectivity index (χ1n) is 8.00. The molecule has 1 unspecified atom stereocenters. The standard InChI is InChI=1S/C15H28N6O/c1-12(13-19-17-11-21(13)4)18-14(22)16-10-15(20(2)3)8-6-5-7-9-15/h11-12H,5-10H2,1-4H3,(H2,16,18,22). The Kier molecular flexibility index (Phi) is 5.39. The van der Waals surface area contributed by atoms with Gasteiger partial charge in [-0.2, -0.15) is 0 Å². The molecular formula is C15H28N6O. The number of rotatable bonds is 5. The van der Waals surface area contributed by atoms with E-state index in [0.29, 0.717) is 6.54 Å². The summed E-state index contributed by atoms with van der Waals surface area (Å²) in [5.41, 5.74) is 0.0869. The molecule has 1 aromatic heterocycles. The molecule has 0 radical (unpaired) electrons. The van der Waals surface area contributed by atoms with Crippen LogP contribution in [0.2, 0.25) is 0 Å². The molecule has 22 heavy (non-hydrogen) atoms. The fourth-order valence-electron chi connectivity index (χ4n) is 3.23. The Labute approximate surface area is 132 Å². The van der Waals surface area contributed by atoms with Crippen molar-refractivity contribution >= 4 is 6.03 Å². The molecule has 2 amide bonds. The minimum atomic E-state index is -0.172. The number of likely N-dealkylation sites (N-methyl/N-ethyl adjacent to an activating group) is 1. The predicted octanol–water partition coefficient (Wildman–Crippen LogP) is 1.44. The van der Waals surface area contributed by atoms with E-state index in [1.807, 2.05) is 18.5 Å². The second-order valence-electron chi connectivity index (χ2n) is 6.53. The van der Waals surface area contributed by atoms with Gasteiger partial charge in [0.1, 0.15) is 6.33 Å². The molecule has 2 N–H and O–H groups in total. The van der Waals surface area contributed by atoms with Crippen LogP contribution < -0.4 is 10.6 Å². The summed E-state index contributed by atoms with van der Waals surface area (Å²) in [5.74, 6) is 0.745. The van der Waals surface area contributed by atoms with Crippen LogP contribution in [0, 0.1) is 0 Å². The molecule has 1 heterocycles. The number of nitrogens with one attached hydrogen (secondary N) is 2. The lowest BCUT2D eigenvalue weighted by molar-refractivity contribution is 0.100. The van der Waals surface area contributed by atoms with Gasteiger partial charge in [0.15, 0.2) is 5.82 Å². The lowest BCUT2D eigenvalue weighted by atomic mass is 9.80. The van der Waals surface area contributed by atoms with E-state index >= 15 is 0 Å². The minimum absolute atomic E-state index is 0.0869. The quantitative estimate of drug-likeness (QED) is 0.863. The molecule has 1 fully saturated rings. The highest BCUT2D eigenvalue weighted by atomic mass is 16.2. The fourth-order valence-corrected chi connectivity index (χ4v) is 3.23. The van der Waals surface area contributed by atoms with Crippen LogP contribution in [0.1, 0.15) is 50.9 Å². The van der Waals surface area contributed by atoms with Crippen LogP contribution in [0.5, 0.6) is 0 Å². The van der Waals surface area contributed by atoms with E-state index < -0.39 is 0 Å². The van der Waals surface area contributed by atoms with Crippen LogP contribution in [0.3, 0.4) is 0 Å². The SMILES string of the molecule is CC(NC(=O)NCC1(N(C)C)CCCCC1)c1nncn1C. The Hall–Kier alpha value is -1.63. The van der Waals surface area contributed by atoms with Gasteiger partial charge in [-0.05, 0) is 33.9 Å². The van der Waals surface area contributed by atoms with Crippen LogP contribution in [0.15, 0.2) is 6.33 Å². The number of amides is 2. The van der Waals surface area contributed by atoms with Gasteiger partial charge in [0.2, 0.25) is 0 Å². The fraction of sp³-hybridized carbons (Fsp3) is 0.800. The van der Waals surface area contributed by atoms with Crippen molar-refractivity contribution in [2.24, 2.45) is 7.05 Å². The highest BCUT2D eigenvalue weighted by Crippen LogP contribution is 2.31. The highest BCUT2D eigenvalue weighted by molar-refractivity contribution is 5.74. The first-order valence-corrected chi connectivity index (χ1v) is 8.00. The summed E-state index contributed by atoms with van der Waals surface area (Å²) in [6.07, 6.45) is 7.67. The number of urea groups is 1. The summed E-state index contributed by atoms with van der Waals surface area (Å²) in [4.78, 5) is 14.4. The van der Waals surface area contributed by atoms with Gasteiger partial charge in [-0.1, -0.05) is 19.3 Å². The summed E-state index contributed by atoms with van der Waals surface area (Å²) < 4.78 is 1.81. The molecule has 1 atom stereocenters. The number of carbonyl (C=O) groups excluding carboxylic acids is 1. The van der Waals surface area contributed by atoms with Crippen LogP contribution in [-0.4, -0.2) is 51.9 Å². The third-order valence-corrected chi connectivity index (χ3v) is 4.79. The molecule has 1 saturated carbocycles. The summed E-state index contributed by atoms with van der Waals surface area (Å²) >= 11 is 0. The van der Waals surface area contributed by atoms with Gasteiger partial charge in [-0.25, -0.2) is 4.79 Å². The highest BCUT2D eigenvalue weighted by Gasteiger charge is 2.34. The molecule has 0 bridgehead atoms. The number of hydrogen-bond donors (Lipinski definition) is 2. The number of aryl methyl sites for hydroxylation is 1. The summed E-state index contributed by atoms with van der Waals surface area (Å²) in [6, 6.07) is -0.323. The van der Waals surface area contributed by atoms with Gasteiger partial charge >= 0.3 is 6.03 Å². The molecule has 2 rings (SSSR count). The molecule has 0 aliphatic heterocycles. The maximum Gasteiger partial charge on any atom is 0.315 e. The Morgan fingerprint density at radius 3 is 2.64 bits per heavy atom. The summed E-state index contributed by atoms with van der Waals surface area (Å²) in [7, 11) is 6.08. The monoisotopic (exact) mass is 308 g/mol. The molecule has 7 heteroatoms. The molecule has 1 aliphatic carbocycles. The number of hydrogen-bond acceptors (Lipinski definition) is 4. The zero-order valence-corrected chi connectivity index (χ0v) is 14.1. The van der Waals surface area contributed by atoms with Gasteiger partial charge in [-0.3, -0.25) is 0 Å². The van der Waals surface area contributed by atoms with Crippen molar-refractivity contribution in [1.29, 1.82) is 0 Å². The van der Waals surface area contributed by atoms with E-state index in [-0.39, 0.29) is 17.6 Å². The Balaban J connectivity index is 1.87. The van der Waals surface area contributed by atoms with Gasteiger partial charge < -0.3 is 20.1 Å². The maximum atomic E-state index is 12.2. The molecule has 7 nitrogen and oxygen atoms in total.